The van der Waals surface area contributed by atoms with Gasteiger partial charge in [-0.3, -0.25) is 19.0 Å². The fourth-order valence-corrected chi connectivity index (χ4v) is 8.12. The summed E-state index contributed by atoms with van der Waals surface area (Å²) in [5.74, 6) is 0.761. The Labute approximate surface area is 274 Å². The van der Waals surface area contributed by atoms with E-state index in [0.29, 0.717) is 23.0 Å². The normalized spacial score (nSPS) is 18.8. The molecule has 2 atom stereocenters. The van der Waals surface area contributed by atoms with Crippen LogP contribution in [0, 0.1) is 27.7 Å². The van der Waals surface area contributed by atoms with Crippen LogP contribution in [0.5, 0.6) is 0 Å². The van der Waals surface area contributed by atoms with Gasteiger partial charge < -0.3 is 10.6 Å². The lowest BCUT2D eigenvalue weighted by molar-refractivity contribution is 0.101. The molecule has 2 amide bonds. The van der Waals surface area contributed by atoms with Crippen LogP contribution < -0.4 is 10.6 Å². The first kappa shape index (κ1) is 33.2. The molecule has 2 aromatic heterocycles. The topological polar surface area (TPSA) is 93.8 Å². The number of benzene rings is 2. The first-order valence-electron chi connectivity index (χ1n) is 16.3. The van der Waals surface area contributed by atoms with Gasteiger partial charge in [-0.1, -0.05) is 65.8 Å². The van der Waals surface area contributed by atoms with Crippen LogP contribution in [0.3, 0.4) is 0 Å². The summed E-state index contributed by atoms with van der Waals surface area (Å²) < 4.78 is 3.51. The third kappa shape index (κ3) is 5.78. The Balaban J connectivity index is 0.000000181. The van der Waals surface area contributed by atoms with Gasteiger partial charge in [0.05, 0.1) is 22.5 Å². The number of aromatic nitrogens is 4. The maximum Gasteiger partial charge on any atom is 0.259 e. The second-order valence-corrected chi connectivity index (χ2v) is 14.8. The van der Waals surface area contributed by atoms with Gasteiger partial charge in [-0.15, -0.1) is 0 Å². The molecule has 2 aliphatic carbocycles. The molecule has 8 heteroatoms. The Morgan fingerprint density at radius 1 is 0.674 bits per heavy atom. The molecule has 0 spiro atoms. The molecule has 4 aromatic rings. The Hall–Kier alpha value is -4.20. The highest BCUT2D eigenvalue weighted by molar-refractivity contribution is 6.07. The van der Waals surface area contributed by atoms with Gasteiger partial charge in [0.15, 0.2) is 0 Å². The molecule has 46 heavy (non-hydrogen) atoms. The largest absolute Gasteiger partial charge is 0.322 e. The van der Waals surface area contributed by atoms with E-state index in [0.717, 1.165) is 47.0 Å². The molecule has 2 aliphatic rings. The van der Waals surface area contributed by atoms with Crippen molar-refractivity contribution >= 4 is 23.2 Å². The molecule has 0 unspecified atom stereocenters. The highest BCUT2D eigenvalue weighted by Gasteiger charge is 2.37. The van der Waals surface area contributed by atoms with Crippen molar-refractivity contribution < 1.29 is 9.59 Å². The Bertz CT molecular complexity index is 1710. The average Bonchev–Trinajstić information content (AvgIpc) is 3.56. The maximum atomic E-state index is 12.8. The number of anilines is 2. The lowest BCUT2D eigenvalue weighted by atomic mass is 9.86. The van der Waals surface area contributed by atoms with Crippen LogP contribution in [0.15, 0.2) is 36.4 Å². The van der Waals surface area contributed by atoms with Crippen molar-refractivity contribution in [1.29, 1.82) is 0 Å². The predicted octanol–water partition coefficient (Wildman–Crippen LogP) is 8.15. The number of rotatable bonds is 4. The van der Waals surface area contributed by atoms with Crippen LogP contribution in [0.4, 0.5) is 11.4 Å². The fraction of sp³-hybridized carbons (Fsp3) is 0.474. The first-order chi connectivity index (χ1) is 21.4. The standard InChI is InChI=1S/2C19H25N3O/c2*1-11-10-19(4,5)14-8-7-9-15(16(11)14)20-18(23)17-12(2)21-22(6)13(17)3/h2*7-9,11H,10H2,1-6H3,(H,20,23)/t2*11-/m10/s1. The zero-order valence-corrected chi connectivity index (χ0v) is 29.6. The lowest BCUT2D eigenvalue weighted by Gasteiger charge is -2.19. The van der Waals surface area contributed by atoms with Crippen molar-refractivity contribution in [1.82, 2.24) is 19.6 Å². The summed E-state index contributed by atoms with van der Waals surface area (Å²) in [6, 6.07) is 12.5. The van der Waals surface area contributed by atoms with Crippen LogP contribution in [-0.4, -0.2) is 31.4 Å². The molecule has 244 valence electrons. The Kier molecular flexibility index (Phi) is 8.56. The summed E-state index contributed by atoms with van der Waals surface area (Å²) in [6.45, 7) is 21.2. The second kappa shape index (κ2) is 11.9. The summed E-state index contributed by atoms with van der Waals surface area (Å²) in [5, 5.41) is 14.9. The molecule has 8 nitrogen and oxygen atoms in total. The number of nitrogens with zero attached hydrogens (tertiary/aromatic N) is 4. The van der Waals surface area contributed by atoms with E-state index in [-0.39, 0.29) is 22.6 Å². The summed E-state index contributed by atoms with van der Waals surface area (Å²) in [6.07, 6.45) is 2.22. The highest BCUT2D eigenvalue weighted by atomic mass is 16.2. The molecule has 0 saturated carbocycles. The van der Waals surface area contributed by atoms with Crippen molar-refractivity contribution in [3.63, 3.8) is 0 Å². The minimum absolute atomic E-state index is 0.0709. The zero-order valence-electron chi connectivity index (χ0n) is 29.6. The molecular formula is C38H50N6O2. The number of aryl methyl sites for hydroxylation is 4. The predicted molar refractivity (Wildman–Crippen MR) is 186 cm³/mol. The molecule has 2 heterocycles. The van der Waals surface area contributed by atoms with Gasteiger partial charge in [0.2, 0.25) is 0 Å². The van der Waals surface area contributed by atoms with E-state index in [9.17, 15) is 9.59 Å². The van der Waals surface area contributed by atoms with Gasteiger partial charge in [-0.05, 0) is 97.6 Å². The summed E-state index contributed by atoms with van der Waals surface area (Å²) in [5.41, 5.74) is 12.1. The minimum Gasteiger partial charge on any atom is -0.322 e. The number of hydrogen-bond acceptors (Lipinski definition) is 4. The van der Waals surface area contributed by atoms with Gasteiger partial charge >= 0.3 is 0 Å². The molecule has 0 radical (unpaired) electrons. The van der Waals surface area contributed by atoms with E-state index in [1.807, 2.05) is 66.1 Å². The number of amides is 2. The molecule has 0 fully saturated rings. The SMILES string of the molecule is Cc1nn(C)c(C)c1C(=O)Nc1cccc2c1[C@@H](C)CC2(C)C.Cc1nn(C)c(C)c1C(=O)Nc1cccc2c1[C@H](C)CC2(C)C. The Morgan fingerprint density at radius 2 is 1.02 bits per heavy atom. The van der Waals surface area contributed by atoms with E-state index in [1.54, 1.807) is 9.36 Å². The van der Waals surface area contributed by atoms with Gasteiger partial charge in [-0.25, -0.2) is 0 Å². The van der Waals surface area contributed by atoms with E-state index in [1.165, 1.54) is 22.3 Å². The number of hydrogen-bond donors (Lipinski definition) is 2. The number of carbonyl (C=O) groups excluding carboxylic acids is 2. The molecule has 2 N–H and O–H groups in total. The molecule has 0 saturated heterocycles. The maximum absolute atomic E-state index is 12.8. The summed E-state index contributed by atoms with van der Waals surface area (Å²) >= 11 is 0. The lowest BCUT2D eigenvalue weighted by Crippen LogP contribution is -2.16. The van der Waals surface area contributed by atoms with Gasteiger partial charge in [0, 0.05) is 36.9 Å². The molecular weight excluding hydrogens is 572 g/mol. The number of carbonyl (C=O) groups is 2. The van der Waals surface area contributed by atoms with Gasteiger partial charge in [0.25, 0.3) is 11.8 Å². The summed E-state index contributed by atoms with van der Waals surface area (Å²) in [7, 11) is 3.73. The van der Waals surface area contributed by atoms with Gasteiger partial charge in [-0.2, -0.15) is 10.2 Å². The molecule has 0 bridgehead atoms. The van der Waals surface area contributed by atoms with Crippen molar-refractivity contribution in [2.24, 2.45) is 14.1 Å². The van der Waals surface area contributed by atoms with E-state index in [4.69, 9.17) is 0 Å². The molecule has 2 aromatic carbocycles. The van der Waals surface area contributed by atoms with Crippen molar-refractivity contribution in [2.75, 3.05) is 10.6 Å². The number of nitrogens with one attached hydrogen (secondary N) is 2. The quantitative estimate of drug-likeness (QED) is 0.240. The van der Waals surface area contributed by atoms with E-state index in [2.05, 4.69) is 74.5 Å². The van der Waals surface area contributed by atoms with Crippen LogP contribution in [0.2, 0.25) is 0 Å². The third-order valence-electron chi connectivity index (χ3n) is 10.3. The second-order valence-electron chi connectivity index (χ2n) is 14.8. The monoisotopic (exact) mass is 622 g/mol. The molecule has 6 rings (SSSR count). The number of fused-ring (bicyclic) bond motifs is 2. The van der Waals surface area contributed by atoms with Gasteiger partial charge in [0.1, 0.15) is 0 Å². The fourth-order valence-electron chi connectivity index (χ4n) is 8.12. The average molecular weight is 623 g/mol. The van der Waals surface area contributed by atoms with E-state index < -0.39 is 0 Å². The van der Waals surface area contributed by atoms with Crippen LogP contribution in [0.25, 0.3) is 0 Å². The molecule has 0 aliphatic heterocycles. The Morgan fingerprint density at radius 3 is 1.33 bits per heavy atom. The minimum atomic E-state index is -0.0709. The van der Waals surface area contributed by atoms with Crippen molar-refractivity contribution in [2.45, 2.75) is 105 Å². The highest BCUT2D eigenvalue weighted by Crippen LogP contribution is 2.49. The van der Waals surface area contributed by atoms with Crippen molar-refractivity contribution in [3.05, 3.63) is 92.6 Å². The van der Waals surface area contributed by atoms with Crippen LogP contribution in [-0.2, 0) is 24.9 Å². The van der Waals surface area contributed by atoms with Crippen molar-refractivity contribution in [3.8, 4) is 0 Å². The van der Waals surface area contributed by atoms with Crippen LogP contribution >= 0.6 is 0 Å². The first-order valence-corrected chi connectivity index (χ1v) is 16.3. The van der Waals surface area contributed by atoms with E-state index >= 15 is 0 Å². The zero-order chi connectivity index (χ0) is 33.9. The van der Waals surface area contributed by atoms with Crippen LogP contribution in [0.1, 0.15) is 132 Å². The summed E-state index contributed by atoms with van der Waals surface area (Å²) in [4.78, 5) is 25.5. The smallest absolute Gasteiger partial charge is 0.259 e. The third-order valence-corrected chi connectivity index (χ3v) is 10.3.